The van der Waals surface area contributed by atoms with Gasteiger partial charge in [-0.05, 0) is 25.0 Å². The third-order valence-corrected chi connectivity index (χ3v) is 5.44. The predicted molar refractivity (Wildman–Crippen MR) is 118 cm³/mol. The summed E-state index contributed by atoms with van der Waals surface area (Å²) in [5, 5.41) is 12.8. The van der Waals surface area contributed by atoms with Crippen LogP contribution in [-0.4, -0.2) is 47.5 Å². The number of para-hydroxylation sites is 1. The van der Waals surface area contributed by atoms with E-state index in [0.29, 0.717) is 31.9 Å². The molecule has 8 heteroatoms. The lowest BCUT2D eigenvalue weighted by Gasteiger charge is -2.26. The molecule has 0 saturated heterocycles. The molecule has 31 heavy (non-hydrogen) atoms. The first-order valence-electron chi connectivity index (χ1n) is 10.1. The number of nitrogens with zero attached hydrogens (tertiary/aromatic N) is 2. The summed E-state index contributed by atoms with van der Waals surface area (Å²) < 4.78 is 10.7. The normalized spacial score (nSPS) is 13.7. The Morgan fingerprint density at radius 1 is 1.26 bits per heavy atom. The molecule has 2 heterocycles. The van der Waals surface area contributed by atoms with E-state index in [0.717, 1.165) is 22.0 Å². The lowest BCUT2D eigenvalue weighted by atomic mass is 9.98. The zero-order valence-corrected chi connectivity index (χ0v) is 17.4. The van der Waals surface area contributed by atoms with Crippen molar-refractivity contribution in [3.8, 4) is 11.5 Å². The minimum atomic E-state index is -0.563. The molecule has 1 amide bonds. The molecular formula is C23H23N3O5. The summed E-state index contributed by atoms with van der Waals surface area (Å²) in [5.74, 6) is 0.138. The van der Waals surface area contributed by atoms with Crippen LogP contribution < -0.4 is 9.47 Å². The standard InChI is InChI=1S/C23H23N3O5/c1-3-31-22-13-20(26(28)29)17(12-21(22)30-2)23(27)25-10-8-15(9-11-25)18-14-24-19-7-5-4-6-16(18)19/h4-8,12-14,24H,3,9-11H2,1-2H3. The van der Waals surface area contributed by atoms with Crippen LogP contribution in [0.2, 0.25) is 0 Å². The average Bonchev–Trinajstić information content (AvgIpc) is 3.23. The van der Waals surface area contributed by atoms with Gasteiger partial charge in [0.05, 0.1) is 24.7 Å². The van der Waals surface area contributed by atoms with Gasteiger partial charge >= 0.3 is 0 Å². The smallest absolute Gasteiger partial charge is 0.286 e. The van der Waals surface area contributed by atoms with Crippen molar-refractivity contribution in [3.63, 3.8) is 0 Å². The number of rotatable bonds is 6. The maximum absolute atomic E-state index is 13.2. The highest BCUT2D eigenvalue weighted by Gasteiger charge is 2.29. The van der Waals surface area contributed by atoms with Crippen LogP contribution in [0.4, 0.5) is 5.69 Å². The highest BCUT2D eigenvalue weighted by atomic mass is 16.6. The number of hydrogen-bond acceptors (Lipinski definition) is 5. The number of ether oxygens (including phenoxy) is 2. The lowest BCUT2D eigenvalue weighted by molar-refractivity contribution is -0.385. The average molecular weight is 421 g/mol. The van der Waals surface area contributed by atoms with Gasteiger partial charge in [0.1, 0.15) is 5.56 Å². The maximum Gasteiger partial charge on any atom is 0.286 e. The van der Waals surface area contributed by atoms with Crippen LogP contribution in [0.5, 0.6) is 11.5 Å². The van der Waals surface area contributed by atoms with E-state index in [1.807, 2.05) is 30.5 Å². The number of nitrogens with one attached hydrogen (secondary N) is 1. The van der Waals surface area contributed by atoms with Gasteiger partial charge in [0.2, 0.25) is 0 Å². The molecule has 0 bridgehead atoms. The van der Waals surface area contributed by atoms with Crippen LogP contribution in [-0.2, 0) is 0 Å². The topological polar surface area (TPSA) is 97.7 Å². The molecule has 0 aliphatic carbocycles. The Labute approximate surface area is 179 Å². The quantitative estimate of drug-likeness (QED) is 0.470. The summed E-state index contributed by atoms with van der Waals surface area (Å²) in [6.07, 6.45) is 4.65. The van der Waals surface area contributed by atoms with Gasteiger partial charge in [0.25, 0.3) is 11.6 Å². The lowest BCUT2D eigenvalue weighted by Crippen LogP contribution is -2.35. The van der Waals surface area contributed by atoms with E-state index in [2.05, 4.69) is 11.1 Å². The van der Waals surface area contributed by atoms with Crippen molar-refractivity contribution >= 4 is 28.1 Å². The number of fused-ring (bicyclic) bond motifs is 1. The van der Waals surface area contributed by atoms with Crippen molar-refractivity contribution in [2.75, 3.05) is 26.8 Å². The summed E-state index contributed by atoms with van der Waals surface area (Å²) in [4.78, 5) is 29.1. The summed E-state index contributed by atoms with van der Waals surface area (Å²) in [6.45, 7) is 2.95. The van der Waals surface area contributed by atoms with Gasteiger partial charge in [-0.25, -0.2) is 0 Å². The first-order chi connectivity index (χ1) is 15.0. The second kappa shape index (κ2) is 8.51. The molecule has 1 N–H and O–H groups in total. The fraction of sp³-hybridized carbons (Fsp3) is 0.261. The van der Waals surface area contributed by atoms with E-state index in [1.54, 1.807) is 11.8 Å². The molecule has 1 aliphatic heterocycles. The molecule has 0 fully saturated rings. The van der Waals surface area contributed by atoms with Gasteiger partial charge < -0.3 is 19.4 Å². The third kappa shape index (κ3) is 3.84. The molecular weight excluding hydrogens is 398 g/mol. The largest absolute Gasteiger partial charge is 0.493 e. The molecule has 1 aromatic heterocycles. The van der Waals surface area contributed by atoms with Gasteiger partial charge in [-0.3, -0.25) is 14.9 Å². The third-order valence-electron chi connectivity index (χ3n) is 5.44. The Morgan fingerprint density at radius 3 is 2.74 bits per heavy atom. The Hall–Kier alpha value is -3.81. The zero-order valence-electron chi connectivity index (χ0n) is 17.4. The Bertz CT molecular complexity index is 1180. The first kappa shape index (κ1) is 20.5. The van der Waals surface area contributed by atoms with Gasteiger partial charge in [-0.1, -0.05) is 24.3 Å². The molecule has 2 aromatic carbocycles. The minimum absolute atomic E-state index is 0.00533. The molecule has 0 saturated carbocycles. The van der Waals surface area contributed by atoms with E-state index in [4.69, 9.17) is 9.47 Å². The van der Waals surface area contributed by atoms with Crippen molar-refractivity contribution in [1.29, 1.82) is 0 Å². The minimum Gasteiger partial charge on any atom is -0.493 e. The Balaban J connectivity index is 1.61. The number of nitro groups is 1. The SMILES string of the molecule is CCOc1cc([N+](=O)[O-])c(C(=O)N2CC=C(c3c[nH]c4ccccc34)CC2)cc1OC. The van der Waals surface area contributed by atoms with Crippen LogP contribution in [0.25, 0.3) is 16.5 Å². The molecule has 160 valence electrons. The molecule has 8 nitrogen and oxygen atoms in total. The van der Waals surface area contributed by atoms with Crippen LogP contribution in [0.15, 0.2) is 48.7 Å². The summed E-state index contributed by atoms with van der Waals surface area (Å²) in [6, 6.07) is 10.7. The van der Waals surface area contributed by atoms with Crippen molar-refractivity contribution in [2.45, 2.75) is 13.3 Å². The number of carbonyl (C=O) groups excluding carboxylic acids is 1. The van der Waals surface area contributed by atoms with Gasteiger partial charge in [-0.2, -0.15) is 0 Å². The fourth-order valence-electron chi connectivity index (χ4n) is 3.91. The molecule has 3 aromatic rings. The monoisotopic (exact) mass is 421 g/mol. The highest BCUT2D eigenvalue weighted by molar-refractivity contribution is 6.00. The number of methoxy groups -OCH3 is 1. The Morgan fingerprint density at radius 2 is 2.06 bits per heavy atom. The van der Waals surface area contributed by atoms with E-state index >= 15 is 0 Å². The van der Waals surface area contributed by atoms with Gasteiger partial charge in [0, 0.05) is 41.8 Å². The number of aromatic amines is 1. The first-order valence-corrected chi connectivity index (χ1v) is 10.1. The molecule has 0 radical (unpaired) electrons. The number of carbonyl (C=O) groups is 1. The number of nitro benzene ring substituents is 1. The van der Waals surface area contributed by atoms with E-state index in [1.165, 1.54) is 19.2 Å². The van der Waals surface area contributed by atoms with E-state index in [9.17, 15) is 14.9 Å². The molecule has 0 atom stereocenters. The number of aromatic nitrogens is 1. The van der Waals surface area contributed by atoms with Crippen molar-refractivity contribution in [3.05, 3.63) is 69.9 Å². The summed E-state index contributed by atoms with van der Waals surface area (Å²) >= 11 is 0. The van der Waals surface area contributed by atoms with E-state index < -0.39 is 10.8 Å². The van der Waals surface area contributed by atoms with E-state index in [-0.39, 0.29) is 17.0 Å². The van der Waals surface area contributed by atoms with Crippen LogP contribution in [0.1, 0.15) is 29.3 Å². The molecule has 0 spiro atoms. The Kier molecular flexibility index (Phi) is 5.62. The molecule has 0 unspecified atom stereocenters. The van der Waals surface area contributed by atoms with Crippen molar-refractivity contribution in [2.24, 2.45) is 0 Å². The molecule has 1 aliphatic rings. The highest BCUT2D eigenvalue weighted by Crippen LogP contribution is 2.36. The maximum atomic E-state index is 13.2. The number of amides is 1. The van der Waals surface area contributed by atoms with Gasteiger partial charge in [0.15, 0.2) is 11.5 Å². The predicted octanol–water partition coefficient (Wildman–Crippen LogP) is 4.41. The van der Waals surface area contributed by atoms with Gasteiger partial charge in [-0.15, -0.1) is 0 Å². The van der Waals surface area contributed by atoms with Crippen LogP contribution in [0, 0.1) is 10.1 Å². The van der Waals surface area contributed by atoms with Crippen molar-refractivity contribution in [1.82, 2.24) is 9.88 Å². The fourth-order valence-corrected chi connectivity index (χ4v) is 3.91. The number of hydrogen-bond donors (Lipinski definition) is 1. The summed E-state index contributed by atoms with van der Waals surface area (Å²) in [7, 11) is 1.44. The van der Waals surface area contributed by atoms with Crippen molar-refractivity contribution < 1.29 is 19.2 Å². The summed E-state index contributed by atoms with van der Waals surface area (Å²) in [5.41, 5.74) is 3.04. The number of H-pyrrole nitrogens is 1. The second-order valence-corrected chi connectivity index (χ2v) is 7.19. The van der Waals surface area contributed by atoms with Crippen LogP contribution >= 0.6 is 0 Å². The zero-order chi connectivity index (χ0) is 22.0. The molecule has 4 rings (SSSR count). The second-order valence-electron chi connectivity index (χ2n) is 7.19. The van der Waals surface area contributed by atoms with Crippen LogP contribution in [0.3, 0.4) is 0 Å². The number of benzene rings is 2.